The van der Waals surface area contributed by atoms with Crippen molar-refractivity contribution >= 4 is 5.91 Å². The van der Waals surface area contributed by atoms with Crippen LogP contribution in [0.15, 0.2) is 47.5 Å². The second kappa shape index (κ2) is 8.07. The molecule has 0 aliphatic rings. The van der Waals surface area contributed by atoms with Crippen molar-refractivity contribution in [3.8, 4) is 5.69 Å². The molecule has 1 aromatic carbocycles. The first-order valence-corrected chi connectivity index (χ1v) is 8.32. The van der Waals surface area contributed by atoms with Crippen LogP contribution in [0.25, 0.3) is 5.69 Å². The van der Waals surface area contributed by atoms with Gasteiger partial charge in [-0.3, -0.25) is 14.2 Å². The maximum absolute atomic E-state index is 14.0. The van der Waals surface area contributed by atoms with Crippen molar-refractivity contribution in [3.05, 3.63) is 76.0 Å². The number of nitrogens with zero attached hydrogens (tertiary/aromatic N) is 4. The Morgan fingerprint density at radius 2 is 2.04 bits per heavy atom. The van der Waals surface area contributed by atoms with E-state index in [1.165, 1.54) is 30.5 Å². The molecule has 2 heterocycles. The van der Waals surface area contributed by atoms with Crippen LogP contribution in [-0.4, -0.2) is 31.8 Å². The minimum atomic E-state index is -2.74. The summed E-state index contributed by atoms with van der Waals surface area (Å²) in [6.45, 7) is -1.20. The fraction of sp³-hybridized carbons (Fsp3) is 0.222. The highest BCUT2D eigenvalue weighted by molar-refractivity contribution is 5.92. The molecule has 28 heavy (non-hydrogen) atoms. The molecule has 3 aromatic rings. The molecule has 0 fully saturated rings. The van der Waals surface area contributed by atoms with E-state index >= 15 is 0 Å². The first-order chi connectivity index (χ1) is 13.4. The van der Waals surface area contributed by atoms with Gasteiger partial charge in [0.25, 0.3) is 5.91 Å². The lowest BCUT2D eigenvalue weighted by Gasteiger charge is -2.12. The van der Waals surface area contributed by atoms with Crippen LogP contribution in [-0.2, 0) is 6.42 Å². The molecule has 10 heteroatoms. The van der Waals surface area contributed by atoms with Crippen LogP contribution >= 0.6 is 0 Å². The summed E-state index contributed by atoms with van der Waals surface area (Å²) in [5.41, 5.74) is -0.610. The third kappa shape index (κ3) is 3.95. The Labute approximate surface area is 157 Å². The van der Waals surface area contributed by atoms with E-state index in [-0.39, 0.29) is 24.5 Å². The average molecular weight is 391 g/mol. The second-order valence-corrected chi connectivity index (χ2v) is 5.90. The lowest BCUT2D eigenvalue weighted by Crippen LogP contribution is -2.33. The highest BCUT2D eigenvalue weighted by Gasteiger charge is 2.17. The van der Waals surface area contributed by atoms with E-state index in [1.54, 1.807) is 13.0 Å². The van der Waals surface area contributed by atoms with E-state index in [1.807, 2.05) is 0 Å². The van der Waals surface area contributed by atoms with E-state index in [0.717, 1.165) is 10.9 Å². The van der Waals surface area contributed by atoms with Crippen LogP contribution in [0.3, 0.4) is 0 Å². The summed E-state index contributed by atoms with van der Waals surface area (Å²) in [6.07, 6.45) is 2.41. The zero-order valence-corrected chi connectivity index (χ0v) is 14.8. The number of nitrogens with one attached hydrogen (secondary N) is 1. The third-order valence-corrected chi connectivity index (χ3v) is 4.00. The van der Waals surface area contributed by atoms with Crippen LogP contribution in [0.4, 0.5) is 13.2 Å². The Morgan fingerprint density at radius 3 is 2.75 bits per heavy atom. The second-order valence-electron chi connectivity index (χ2n) is 5.90. The largest absolute Gasteiger partial charge is 0.350 e. The van der Waals surface area contributed by atoms with Crippen molar-refractivity contribution in [1.29, 1.82) is 0 Å². The Hall–Kier alpha value is -3.43. The molecule has 3 rings (SSSR count). The fourth-order valence-electron chi connectivity index (χ4n) is 2.66. The summed E-state index contributed by atoms with van der Waals surface area (Å²) < 4.78 is 41.5. The Kier molecular flexibility index (Phi) is 5.57. The molecular formula is C18H16F3N5O2. The number of hydrogen-bond donors (Lipinski definition) is 1. The number of imidazole rings is 1. The molecule has 0 saturated heterocycles. The van der Waals surface area contributed by atoms with Gasteiger partial charge in [0.1, 0.15) is 17.3 Å². The summed E-state index contributed by atoms with van der Waals surface area (Å²) in [5.74, 6) is -1.26. The van der Waals surface area contributed by atoms with Gasteiger partial charge in [-0.15, -0.1) is 0 Å². The molecule has 0 bridgehead atoms. The van der Waals surface area contributed by atoms with Gasteiger partial charge < -0.3 is 5.32 Å². The molecule has 2 aromatic heterocycles. The molecule has 0 spiro atoms. The van der Waals surface area contributed by atoms with Crippen LogP contribution in [0.2, 0.25) is 0 Å². The Bertz CT molecular complexity index is 1060. The summed E-state index contributed by atoms with van der Waals surface area (Å²) in [6, 6.07) is 6.99. The number of para-hydroxylation sites is 1. The zero-order chi connectivity index (χ0) is 20.3. The Balaban J connectivity index is 1.78. The van der Waals surface area contributed by atoms with E-state index in [4.69, 9.17) is 0 Å². The molecule has 0 unspecified atom stereocenters. The minimum Gasteiger partial charge on any atom is -0.350 e. The predicted molar refractivity (Wildman–Crippen MR) is 94.0 cm³/mol. The maximum Gasteiger partial charge on any atom is 0.319 e. The first-order valence-electron chi connectivity index (χ1n) is 8.32. The van der Waals surface area contributed by atoms with Crippen molar-refractivity contribution in [2.45, 2.75) is 19.9 Å². The monoisotopic (exact) mass is 391 g/mol. The van der Waals surface area contributed by atoms with Gasteiger partial charge in [-0.05, 0) is 19.1 Å². The maximum atomic E-state index is 14.0. The topological polar surface area (TPSA) is 81.8 Å². The third-order valence-electron chi connectivity index (χ3n) is 4.00. The van der Waals surface area contributed by atoms with Crippen molar-refractivity contribution in [3.63, 3.8) is 0 Å². The molecule has 1 N–H and O–H groups in total. The molecule has 0 atom stereocenters. The number of carbonyl (C=O) groups excluding carboxylic acids is 1. The average Bonchev–Trinajstić information content (AvgIpc) is 3.11. The predicted octanol–water partition coefficient (Wildman–Crippen LogP) is 2.24. The number of amides is 1. The summed E-state index contributed by atoms with van der Waals surface area (Å²) in [5, 5.41) is 6.43. The lowest BCUT2D eigenvalue weighted by atomic mass is 10.2. The van der Waals surface area contributed by atoms with Gasteiger partial charge in [-0.2, -0.15) is 13.9 Å². The molecule has 0 aliphatic carbocycles. The van der Waals surface area contributed by atoms with E-state index in [9.17, 15) is 22.8 Å². The SMILES string of the molecule is Cc1cc(=O)c(C(=O)NCCc2nccn2C(F)F)nn1-c1ccccc1F. The standard InChI is InChI=1S/C18H16F3N5O2/c1-11-10-14(27)16(24-26(11)13-5-3-2-4-12(13)19)17(28)23-7-6-15-22-8-9-25(15)18(20)21/h2-5,8-10,18H,6-7H2,1H3,(H,23,28). The lowest BCUT2D eigenvalue weighted by molar-refractivity contribution is 0.0670. The van der Waals surface area contributed by atoms with Crippen LogP contribution < -0.4 is 10.7 Å². The highest BCUT2D eigenvalue weighted by atomic mass is 19.3. The van der Waals surface area contributed by atoms with Gasteiger partial charge in [0.05, 0.1) is 0 Å². The van der Waals surface area contributed by atoms with Gasteiger partial charge in [0.2, 0.25) is 5.43 Å². The highest BCUT2D eigenvalue weighted by Crippen LogP contribution is 2.14. The smallest absolute Gasteiger partial charge is 0.319 e. The number of alkyl halides is 2. The minimum absolute atomic E-state index is 0.0305. The number of aryl methyl sites for hydroxylation is 1. The van der Waals surface area contributed by atoms with Crippen molar-refractivity contribution in [1.82, 2.24) is 24.6 Å². The van der Waals surface area contributed by atoms with Gasteiger partial charge in [-0.25, -0.2) is 14.1 Å². The summed E-state index contributed by atoms with van der Waals surface area (Å²) in [7, 11) is 0. The fourth-order valence-corrected chi connectivity index (χ4v) is 2.66. The van der Waals surface area contributed by atoms with Gasteiger partial charge in [-0.1, -0.05) is 12.1 Å². The quantitative estimate of drug-likeness (QED) is 0.699. The Morgan fingerprint density at radius 1 is 1.29 bits per heavy atom. The van der Waals surface area contributed by atoms with Crippen molar-refractivity contribution < 1.29 is 18.0 Å². The normalized spacial score (nSPS) is 11.0. The van der Waals surface area contributed by atoms with Crippen LogP contribution in [0.5, 0.6) is 0 Å². The molecule has 146 valence electrons. The molecular weight excluding hydrogens is 375 g/mol. The summed E-state index contributed by atoms with van der Waals surface area (Å²) in [4.78, 5) is 28.3. The van der Waals surface area contributed by atoms with Crippen LogP contribution in [0, 0.1) is 12.7 Å². The summed E-state index contributed by atoms with van der Waals surface area (Å²) >= 11 is 0. The van der Waals surface area contributed by atoms with Gasteiger partial charge >= 0.3 is 6.55 Å². The number of hydrogen-bond acceptors (Lipinski definition) is 4. The van der Waals surface area contributed by atoms with E-state index < -0.39 is 29.4 Å². The van der Waals surface area contributed by atoms with E-state index in [0.29, 0.717) is 10.3 Å². The van der Waals surface area contributed by atoms with Crippen molar-refractivity contribution in [2.75, 3.05) is 6.54 Å². The number of halogens is 3. The van der Waals surface area contributed by atoms with Crippen LogP contribution in [0.1, 0.15) is 28.6 Å². The first kappa shape index (κ1) is 19.3. The number of carbonyl (C=O) groups is 1. The van der Waals surface area contributed by atoms with Gasteiger partial charge in [0, 0.05) is 37.1 Å². The zero-order valence-electron chi connectivity index (χ0n) is 14.8. The number of rotatable bonds is 6. The molecule has 0 saturated carbocycles. The molecule has 0 aliphatic heterocycles. The number of benzene rings is 1. The molecule has 7 nitrogen and oxygen atoms in total. The van der Waals surface area contributed by atoms with Gasteiger partial charge in [0.15, 0.2) is 5.69 Å². The molecule has 0 radical (unpaired) electrons. The van der Waals surface area contributed by atoms with Crippen molar-refractivity contribution in [2.24, 2.45) is 0 Å². The number of aromatic nitrogens is 4. The van der Waals surface area contributed by atoms with E-state index in [2.05, 4.69) is 15.4 Å². The molecule has 1 amide bonds.